The highest BCUT2D eigenvalue weighted by atomic mass is 35.5. The molecule has 9 heteroatoms. The first kappa shape index (κ1) is 26.0. The molecule has 1 fully saturated rings. The number of aliphatic hydroxyl groups excluding tert-OH is 1. The van der Waals surface area contributed by atoms with Crippen LogP contribution in [-0.4, -0.2) is 60.0 Å². The maximum atomic E-state index is 13.0. The molecule has 5 rings (SSSR count). The third-order valence-electron chi connectivity index (χ3n) is 7.28. The second kappa shape index (κ2) is 11.4. The van der Waals surface area contributed by atoms with Gasteiger partial charge >= 0.3 is 0 Å². The van der Waals surface area contributed by atoms with Crippen molar-refractivity contribution in [2.75, 3.05) is 49.5 Å². The van der Waals surface area contributed by atoms with Crippen molar-refractivity contribution in [3.8, 4) is 6.07 Å². The van der Waals surface area contributed by atoms with Crippen LogP contribution in [0.3, 0.4) is 0 Å². The van der Waals surface area contributed by atoms with Crippen LogP contribution in [0.4, 0.5) is 17.1 Å². The van der Waals surface area contributed by atoms with E-state index < -0.39 is 6.10 Å². The Morgan fingerprint density at radius 1 is 1.21 bits per heavy atom. The predicted octanol–water partition coefficient (Wildman–Crippen LogP) is 4.19. The summed E-state index contributed by atoms with van der Waals surface area (Å²) < 4.78 is 0. The number of hydrogen-bond acceptors (Lipinski definition) is 7. The van der Waals surface area contributed by atoms with E-state index in [1.807, 2.05) is 6.07 Å². The number of nitriles is 1. The average molecular weight is 531 g/mol. The highest BCUT2D eigenvalue weighted by Gasteiger charge is 2.25. The summed E-state index contributed by atoms with van der Waals surface area (Å²) in [6, 6.07) is 15.5. The van der Waals surface area contributed by atoms with E-state index >= 15 is 0 Å². The molecule has 0 radical (unpaired) electrons. The van der Waals surface area contributed by atoms with Gasteiger partial charge in [0.15, 0.2) is 0 Å². The number of aromatic nitrogens is 1. The molecule has 2 aliphatic rings. The monoisotopic (exact) mass is 530 g/mol. The van der Waals surface area contributed by atoms with Crippen molar-refractivity contribution < 1.29 is 5.11 Å². The second-order valence-electron chi connectivity index (χ2n) is 9.78. The number of pyridine rings is 1. The lowest BCUT2D eigenvalue weighted by atomic mass is 9.99. The van der Waals surface area contributed by atoms with E-state index in [0.717, 1.165) is 55.2 Å². The van der Waals surface area contributed by atoms with Gasteiger partial charge in [0, 0.05) is 69.0 Å². The SMILES string of the molecule is Cc1cc(N2CCN(CCC#N)CC2)cc2c1CC(c1c(NC[C@@H](O)c3cccc(Cl)c3)cc[nH]c1=O)=N2. The number of hydrogen-bond donors (Lipinski definition) is 3. The number of nitrogens with zero attached hydrogens (tertiary/aromatic N) is 4. The zero-order valence-corrected chi connectivity index (χ0v) is 22.1. The molecule has 3 N–H and O–H groups in total. The van der Waals surface area contributed by atoms with Crippen molar-refractivity contribution >= 4 is 34.4 Å². The zero-order chi connectivity index (χ0) is 26.6. The molecule has 0 amide bonds. The lowest BCUT2D eigenvalue weighted by Gasteiger charge is -2.36. The number of aryl methyl sites for hydroxylation is 1. The summed E-state index contributed by atoms with van der Waals surface area (Å²) in [5, 5.41) is 23.3. The van der Waals surface area contributed by atoms with Gasteiger partial charge in [-0.1, -0.05) is 23.7 Å². The number of benzene rings is 2. The normalized spacial score (nSPS) is 16.1. The molecular weight excluding hydrogens is 500 g/mol. The minimum absolute atomic E-state index is 0.217. The number of aliphatic imine (C=N–C) groups is 1. The first-order valence-electron chi connectivity index (χ1n) is 12.9. The minimum atomic E-state index is -0.784. The highest BCUT2D eigenvalue weighted by molar-refractivity contribution is 6.30. The molecule has 2 aromatic carbocycles. The molecule has 1 saturated heterocycles. The van der Waals surface area contributed by atoms with E-state index in [9.17, 15) is 9.90 Å². The molecule has 0 saturated carbocycles. The molecule has 0 unspecified atom stereocenters. The van der Waals surface area contributed by atoms with Crippen molar-refractivity contribution in [2.45, 2.75) is 25.9 Å². The van der Waals surface area contributed by atoms with Crippen LogP contribution in [0.1, 0.15) is 34.8 Å². The Balaban J connectivity index is 1.34. The van der Waals surface area contributed by atoms with Gasteiger partial charge in [0.1, 0.15) is 0 Å². The summed E-state index contributed by atoms with van der Waals surface area (Å²) in [4.78, 5) is 25.3. The molecule has 2 aliphatic heterocycles. The fraction of sp³-hybridized carbons (Fsp3) is 0.345. The fourth-order valence-electron chi connectivity index (χ4n) is 5.18. The second-order valence-corrected chi connectivity index (χ2v) is 10.2. The summed E-state index contributed by atoms with van der Waals surface area (Å²) in [6.07, 6.45) is 1.95. The summed E-state index contributed by atoms with van der Waals surface area (Å²) in [5.74, 6) is 0. The molecule has 1 aromatic heterocycles. The molecule has 0 aliphatic carbocycles. The van der Waals surface area contributed by atoms with Gasteiger partial charge in [-0.3, -0.25) is 14.7 Å². The molecule has 8 nitrogen and oxygen atoms in total. The van der Waals surface area contributed by atoms with Gasteiger partial charge in [-0.25, -0.2) is 0 Å². The molecule has 0 bridgehead atoms. The van der Waals surface area contributed by atoms with E-state index in [4.69, 9.17) is 21.9 Å². The van der Waals surface area contributed by atoms with Crippen LogP contribution in [0, 0.1) is 18.3 Å². The third kappa shape index (κ3) is 5.60. The van der Waals surface area contributed by atoms with Crippen LogP contribution >= 0.6 is 11.6 Å². The van der Waals surface area contributed by atoms with Crippen molar-refractivity contribution in [1.29, 1.82) is 5.26 Å². The van der Waals surface area contributed by atoms with Crippen molar-refractivity contribution in [2.24, 2.45) is 4.99 Å². The Hall–Kier alpha value is -3.64. The van der Waals surface area contributed by atoms with Gasteiger partial charge in [0.05, 0.1) is 34.8 Å². The number of H-pyrrole nitrogens is 1. The first-order valence-corrected chi connectivity index (χ1v) is 13.3. The Bertz CT molecular complexity index is 1450. The Kier molecular flexibility index (Phi) is 7.79. The van der Waals surface area contributed by atoms with E-state index in [2.05, 4.69) is 45.2 Å². The maximum absolute atomic E-state index is 13.0. The molecule has 196 valence electrons. The smallest absolute Gasteiger partial charge is 0.259 e. The van der Waals surface area contributed by atoms with Crippen LogP contribution in [0.15, 0.2) is 58.4 Å². The lowest BCUT2D eigenvalue weighted by molar-refractivity contribution is 0.191. The summed E-state index contributed by atoms with van der Waals surface area (Å²) in [7, 11) is 0. The number of aromatic amines is 1. The Morgan fingerprint density at radius 2 is 2.03 bits per heavy atom. The molecule has 0 spiro atoms. The van der Waals surface area contributed by atoms with E-state index in [1.54, 1.807) is 30.5 Å². The van der Waals surface area contributed by atoms with Crippen molar-refractivity contribution in [3.05, 3.63) is 86.3 Å². The molecular formula is C29H31ClN6O2. The maximum Gasteiger partial charge on any atom is 0.259 e. The van der Waals surface area contributed by atoms with Crippen LogP contribution < -0.4 is 15.8 Å². The van der Waals surface area contributed by atoms with Crippen LogP contribution in [-0.2, 0) is 6.42 Å². The van der Waals surface area contributed by atoms with Gasteiger partial charge in [0.2, 0.25) is 0 Å². The van der Waals surface area contributed by atoms with Gasteiger partial charge in [-0.2, -0.15) is 5.26 Å². The summed E-state index contributed by atoms with van der Waals surface area (Å²) in [6.45, 7) is 6.81. The molecule has 3 heterocycles. The predicted molar refractivity (Wildman–Crippen MR) is 152 cm³/mol. The van der Waals surface area contributed by atoms with Crippen LogP contribution in [0.2, 0.25) is 5.02 Å². The van der Waals surface area contributed by atoms with Crippen LogP contribution in [0.5, 0.6) is 0 Å². The number of piperazine rings is 1. The lowest BCUT2D eigenvalue weighted by Crippen LogP contribution is -2.46. The number of aliphatic hydroxyl groups is 1. The zero-order valence-electron chi connectivity index (χ0n) is 21.4. The number of halogens is 1. The highest BCUT2D eigenvalue weighted by Crippen LogP contribution is 2.36. The van der Waals surface area contributed by atoms with E-state index in [1.165, 1.54) is 0 Å². The van der Waals surface area contributed by atoms with Gasteiger partial charge in [-0.05, 0) is 53.9 Å². The minimum Gasteiger partial charge on any atom is -0.387 e. The number of rotatable bonds is 8. The van der Waals surface area contributed by atoms with Gasteiger partial charge in [0.25, 0.3) is 5.56 Å². The Morgan fingerprint density at radius 3 is 2.79 bits per heavy atom. The third-order valence-corrected chi connectivity index (χ3v) is 7.51. The van der Waals surface area contributed by atoms with Crippen molar-refractivity contribution in [1.82, 2.24) is 9.88 Å². The summed E-state index contributed by atoms with van der Waals surface area (Å²) in [5.41, 5.74) is 6.64. The van der Waals surface area contributed by atoms with E-state index in [0.29, 0.717) is 40.4 Å². The van der Waals surface area contributed by atoms with Crippen LogP contribution in [0.25, 0.3) is 0 Å². The quantitative estimate of drug-likeness (QED) is 0.403. The Labute approximate surface area is 227 Å². The topological polar surface area (TPSA) is 108 Å². The number of nitrogens with one attached hydrogen (secondary N) is 2. The van der Waals surface area contributed by atoms with E-state index in [-0.39, 0.29) is 12.1 Å². The number of fused-ring (bicyclic) bond motifs is 1. The molecule has 3 aromatic rings. The van der Waals surface area contributed by atoms with Crippen molar-refractivity contribution in [3.63, 3.8) is 0 Å². The molecule has 38 heavy (non-hydrogen) atoms. The van der Waals surface area contributed by atoms with Gasteiger partial charge in [-0.15, -0.1) is 0 Å². The average Bonchev–Trinajstić information content (AvgIpc) is 3.35. The number of anilines is 2. The standard InChI is InChI=1S/C29H31ClN6O2/c1-19-14-22(36-12-10-35(11-13-36)9-3-7-31)16-25-23(19)17-26(34-25)28-24(6-8-32-29(28)38)33-18-27(37)20-4-2-5-21(30)15-20/h2,4-6,8,14-16,27,37H,3,9-13,17-18H2,1H3,(H2,32,33,38)/t27-/m1/s1. The van der Waals surface area contributed by atoms with Gasteiger partial charge < -0.3 is 20.3 Å². The fourth-order valence-corrected chi connectivity index (χ4v) is 5.38. The summed E-state index contributed by atoms with van der Waals surface area (Å²) >= 11 is 6.07. The largest absolute Gasteiger partial charge is 0.387 e. The first-order chi connectivity index (χ1) is 18.4. The molecule has 1 atom stereocenters.